The molecule has 10 heteroatoms. The van der Waals surface area contributed by atoms with E-state index in [2.05, 4.69) is 9.88 Å². The van der Waals surface area contributed by atoms with Crippen LogP contribution in [0.15, 0.2) is 36.7 Å². The number of fused-ring (bicyclic) bond motifs is 1. The average molecular weight is 458 g/mol. The first-order valence-corrected chi connectivity index (χ1v) is 12.2. The van der Waals surface area contributed by atoms with Crippen molar-refractivity contribution in [2.75, 3.05) is 38.0 Å². The van der Waals surface area contributed by atoms with Crippen LogP contribution in [-0.4, -0.2) is 56.4 Å². The summed E-state index contributed by atoms with van der Waals surface area (Å²) in [5.41, 5.74) is 1.58. The fourth-order valence-electron chi connectivity index (χ4n) is 4.07. The van der Waals surface area contributed by atoms with E-state index in [0.29, 0.717) is 29.7 Å². The van der Waals surface area contributed by atoms with Gasteiger partial charge in [-0.1, -0.05) is 0 Å². The van der Waals surface area contributed by atoms with Gasteiger partial charge in [-0.25, -0.2) is 23.5 Å². The summed E-state index contributed by atoms with van der Waals surface area (Å²) in [6, 6.07) is 7.55. The summed E-state index contributed by atoms with van der Waals surface area (Å²) in [7, 11) is -0.235. The van der Waals surface area contributed by atoms with E-state index < -0.39 is 10.0 Å². The second-order valence-corrected chi connectivity index (χ2v) is 9.66. The first kappa shape index (κ1) is 22.2. The Bertz CT molecular complexity index is 1200. The molecule has 1 aromatic carbocycles. The number of pyridine rings is 1. The summed E-state index contributed by atoms with van der Waals surface area (Å²) < 4.78 is 33.6. The van der Waals surface area contributed by atoms with Crippen LogP contribution in [0, 0.1) is 5.92 Å². The predicted molar refractivity (Wildman–Crippen MR) is 123 cm³/mol. The molecule has 32 heavy (non-hydrogen) atoms. The molecule has 0 unspecified atom stereocenters. The average Bonchev–Trinajstić information content (AvgIpc) is 2.81. The normalized spacial score (nSPS) is 15.2. The number of anilines is 1. The molecule has 3 heterocycles. The lowest BCUT2D eigenvalue weighted by Gasteiger charge is -2.33. The lowest BCUT2D eigenvalue weighted by Crippen LogP contribution is -2.35. The van der Waals surface area contributed by atoms with Gasteiger partial charge in [-0.05, 0) is 43.4 Å². The zero-order valence-electron chi connectivity index (χ0n) is 18.2. The minimum Gasteiger partial charge on any atom is -0.493 e. The Hall–Kier alpha value is -2.98. The second-order valence-electron chi connectivity index (χ2n) is 7.92. The molecular weight excluding hydrogens is 430 g/mol. The Balaban J connectivity index is 1.70. The van der Waals surface area contributed by atoms with Crippen molar-refractivity contribution in [2.24, 2.45) is 11.1 Å². The number of rotatable bonds is 7. The van der Waals surface area contributed by atoms with E-state index in [4.69, 9.17) is 24.6 Å². The maximum absolute atomic E-state index is 11.3. The van der Waals surface area contributed by atoms with Crippen molar-refractivity contribution < 1.29 is 17.9 Å². The van der Waals surface area contributed by atoms with Crippen LogP contribution in [0.3, 0.4) is 0 Å². The third-order valence-electron chi connectivity index (χ3n) is 5.83. The van der Waals surface area contributed by atoms with Crippen LogP contribution >= 0.6 is 0 Å². The SMILES string of the molecule is COc1cc2nc(-c3cccnc3)nc(N3CCC(CCS(N)(=O)=O)CC3)c2cc1OC. The molecule has 1 aliphatic heterocycles. The van der Waals surface area contributed by atoms with E-state index in [1.165, 1.54) is 0 Å². The van der Waals surface area contributed by atoms with Gasteiger partial charge in [-0.15, -0.1) is 0 Å². The molecule has 0 radical (unpaired) electrons. The third kappa shape index (κ3) is 4.91. The molecule has 9 nitrogen and oxygen atoms in total. The Morgan fingerprint density at radius 3 is 2.47 bits per heavy atom. The fourth-order valence-corrected chi connectivity index (χ4v) is 4.73. The Morgan fingerprint density at radius 2 is 1.84 bits per heavy atom. The topological polar surface area (TPSA) is 121 Å². The molecule has 0 aliphatic carbocycles. The maximum Gasteiger partial charge on any atom is 0.209 e. The number of methoxy groups -OCH3 is 2. The molecular formula is C22H27N5O4S. The van der Waals surface area contributed by atoms with Crippen molar-refractivity contribution >= 4 is 26.7 Å². The number of hydrogen-bond acceptors (Lipinski definition) is 8. The monoisotopic (exact) mass is 457 g/mol. The summed E-state index contributed by atoms with van der Waals surface area (Å²) in [6.07, 6.45) is 5.78. The first-order valence-electron chi connectivity index (χ1n) is 10.5. The number of nitrogens with two attached hydrogens (primary N) is 1. The lowest BCUT2D eigenvalue weighted by molar-refractivity contribution is 0.355. The smallest absolute Gasteiger partial charge is 0.209 e. The molecule has 0 saturated carbocycles. The number of aromatic nitrogens is 3. The van der Waals surface area contributed by atoms with E-state index in [1.54, 1.807) is 26.6 Å². The molecule has 3 aromatic rings. The van der Waals surface area contributed by atoms with Gasteiger partial charge in [0.15, 0.2) is 17.3 Å². The number of hydrogen-bond donors (Lipinski definition) is 1. The van der Waals surface area contributed by atoms with Crippen molar-refractivity contribution in [3.63, 3.8) is 0 Å². The molecule has 1 fully saturated rings. The molecule has 0 spiro atoms. The zero-order valence-corrected chi connectivity index (χ0v) is 19.0. The van der Waals surface area contributed by atoms with Gasteiger partial charge >= 0.3 is 0 Å². The summed E-state index contributed by atoms with van der Waals surface area (Å²) in [5, 5.41) is 6.05. The van der Waals surface area contributed by atoms with Gasteiger partial charge in [0.05, 0.1) is 25.5 Å². The lowest BCUT2D eigenvalue weighted by atomic mass is 9.94. The minimum atomic E-state index is -3.43. The maximum atomic E-state index is 11.3. The molecule has 1 aliphatic rings. The van der Waals surface area contributed by atoms with Crippen molar-refractivity contribution in [1.82, 2.24) is 15.0 Å². The highest BCUT2D eigenvalue weighted by Crippen LogP contribution is 2.37. The van der Waals surface area contributed by atoms with Gasteiger partial charge in [-0.3, -0.25) is 4.98 Å². The quantitative estimate of drug-likeness (QED) is 0.575. The van der Waals surface area contributed by atoms with Crippen LogP contribution in [0.4, 0.5) is 5.82 Å². The molecule has 0 bridgehead atoms. The van der Waals surface area contributed by atoms with Gasteiger partial charge in [0.2, 0.25) is 10.0 Å². The van der Waals surface area contributed by atoms with Gasteiger partial charge < -0.3 is 14.4 Å². The summed E-state index contributed by atoms with van der Waals surface area (Å²) in [5.74, 6) is 2.97. The van der Waals surface area contributed by atoms with Gasteiger partial charge in [-0.2, -0.15) is 0 Å². The van der Waals surface area contributed by atoms with Crippen LogP contribution in [0.2, 0.25) is 0 Å². The highest BCUT2D eigenvalue weighted by Gasteiger charge is 2.24. The summed E-state index contributed by atoms with van der Waals surface area (Å²) in [6.45, 7) is 1.53. The van der Waals surface area contributed by atoms with Gasteiger partial charge in [0, 0.05) is 42.5 Å². The number of primary sulfonamides is 1. The van der Waals surface area contributed by atoms with E-state index in [1.807, 2.05) is 24.3 Å². The molecule has 1 saturated heterocycles. The van der Waals surface area contributed by atoms with Gasteiger partial charge in [0.1, 0.15) is 5.82 Å². The molecule has 0 amide bonds. The molecule has 2 N–H and O–H groups in total. The van der Waals surface area contributed by atoms with E-state index in [9.17, 15) is 8.42 Å². The van der Waals surface area contributed by atoms with Crippen LogP contribution in [-0.2, 0) is 10.0 Å². The number of sulfonamides is 1. The molecule has 2 aromatic heterocycles. The Kier molecular flexibility index (Phi) is 6.43. The molecule has 4 rings (SSSR count). The molecule has 170 valence electrons. The highest BCUT2D eigenvalue weighted by atomic mass is 32.2. The Labute approximate surface area is 187 Å². The van der Waals surface area contributed by atoms with Crippen LogP contribution in [0.5, 0.6) is 11.5 Å². The predicted octanol–water partition coefficient (Wildman–Crippen LogP) is 2.60. The first-order chi connectivity index (χ1) is 15.4. The van der Waals surface area contributed by atoms with Crippen molar-refractivity contribution in [3.05, 3.63) is 36.7 Å². The van der Waals surface area contributed by atoms with Crippen LogP contribution < -0.4 is 19.5 Å². The standard InChI is InChI=1S/C22H27N5O4S/c1-30-19-12-17-18(13-20(19)31-2)25-21(16-4-3-8-24-14-16)26-22(17)27-9-5-15(6-10-27)7-11-32(23,28)29/h3-4,8,12-15H,5-7,9-11H2,1-2H3,(H2,23,28,29). The minimum absolute atomic E-state index is 0.0241. The second kappa shape index (κ2) is 9.25. The van der Waals surface area contributed by atoms with Gasteiger partial charge in [0.25, 0.3) is 0 Å². The van der Waals surface area contributed by atoms with E-state index >= 15 is 0 Å². The largest absolute Gasteiger partial charge is 0.493 e. The number of piperidine rings is 1. The Morgan fingerprint density at radius 1 is 1.12 bits per heavy atom. The molecule has 0 atom stereocenters. The third-order valence-corrected chi connectivity index (χ3v) is 6.63. The van der Waals surface area contributed by atoms with Crippen molar-refractivity contribution in [1.29, 1.82) is 0 Å². The fraction of sp³-hybridized carbons (Fsp3) is 0.409. The summed E-state index contributed by atoms with van der Waals surface area (Å²) >= 11 is 0. The van der Waals surface area contributed by atoms with Crippen LogP contribution in [0.1, 0.15) is 19.3 Å². The van der Waals surface area contributed by atoms with Crippen LogP contribution in [0.25, 0.3) is 22.3 Å². The van der Waals surface area contributed by atoms with Crippen molar-refractivity contribution in [3.8, 4) is 22.9 Å². The number of nitrogens with zero attached hydrogens (tertiary/aromatic N) is 4. The number of ether oxygens (including phenoxy) is 2. The van der Waals surface area contributed by atoms with E-state index in [0.717, 1.165) is 48.2 Å². The number of benzene rings is 1. The van der Waals surface area contributed by atoms with Crippen molar-refractivity contribution in [2.45, 2.75) is 19.3 Å². The van der Waals surface area contributed by atoms with E-state index in [-0.39, 0.29) is 5.75 Å². The summed E-state index contributed by atoms with van der Waals surface area (Å²) in [4.78, 5) is 16.1. The zero-order chi connectivity index (χ0) is 22.7. The highest BCUT2D eigenvalue weighted by molar-refractivity contribution is 7.89.